The van der Waals surface area contributed by atoms with Gasteiger partial charge in [0, 0.05) is 0 Å². The molecule has 1 saturated carbocycles. The molecule has 1 aromatic carbocycles. The van der Waals surface area contributed by atoms with Gasteiger partial charge >= 0.3 is 5.97 Å². The first-order valence-corrected chi connectivity index (χ1v) is 9.30. The van der Waals surface area contributed by atoms with Crippen molar-refractivity contribution in [2.24, 2.45) is 5.92 Å². The van der Waals surface area contributed by atoms with Gasteiger partial charge in [0.1, 0.15) is 5.25 Å². The normalized spacial score (nSPS) is 30.3. The SMILES string of the molecule is CC1(NC(=O)C2SCCc3ccccc32)CCCCC1C(=O)O. The Kier molecular flexibility index (Phi) is 4.67. The van der Waals surface area contributed by atoms with Crippen molar-refractivity contribution in [3.05, 3.63) is 35.4 Å². The number of nitrogens with one attached hydrogen (secondary N) is 1. The number of carbonyl (C=O) groups excluding carboxylic acids is 1. The second-order valence-electron chi connectivity index (χ2n) is 6.74. The molecule has 4 nitrogen and oxygen atoms in total. The van der Waals surface area contributed by atoms with Crippen LogP contribution < -0.4 is 5.32 Å². The summed E-state index contributed by atoms with van der Waals surface area (Å²) in [5.74, 6) is -0.417. The Hall–Kier alpha value is -1.49. The van der Waals surface area contributed by atoms with Crippen molar-refractivity contribution < 1.29 is 14.7 Å². The molecule has 3 unspecified atom stereocenters. The number of fused-ring (bicyclic) bond motifs is 1. The highest BCUT2D eigenvalue weighted by Gasteiger charge is 2.43. The van der Waals surface area contributed by atoms with E-state index in [0.29, 0.717) is 6.42 Å². The van der Waals surface area contributed by atoms with Gasteiger partial charge in [-0.05, 0) is 43.1 Å². The summed E-state index contributed by atoms with van der Waals surface area (Å²) >= 11 is 1.65. The molecule has 0 radical (unpaired) electrons. The van der Waals surface area contributed by atoms with E-state index in [2.05, 4.69) is 11.4 Å². The molecule has 3 rings (SSSR count). The molecule has 1 heterocycles. The Balaban J connectivity index is 1.80. The number of benzene rings is 1. The fourth-order valence-electron chi connectivity index (χ4n) is 3.84. The second kappa shape index (κ2) is 6.56. The predicted octanol–water partition coefficient (Wildman–Crippen LogP) is 3.17. The topological polar surface area (TPSA) is 66.4 Å². The van der Waals surface area contributed by atoms with E-state index in [1.54, 1.807) is 11.8 Å². The molecule has 1 aliphatic carbocycles. The van der Waals surface area contributed by atoms with Gasteiger partial charge in [0.2, 0.25) is 5.91 Å². The van der Waals surface area contributed by atoms with E-state index in [9.17, 15) is 14.7 Å². The van der Waals surface area contributed by atoms with Crippen LogP contribution in [-0.4, -0.2) is 28.3 Å². The zero-order valence-corrected chi connectivity index (χ0v) is 14.2. The minimum atomic E-state index is -0.802. The van der Waals surface area contributed by atoms with E-state index in [4.69, 9.17) is 0 Å². The van der Waals surface area contributed by atoms with Crippen LogP contribution in [0, 0.1) is 5.92 Å². The maximum Gasteiger partial charge on any atom is 0.308 e. The maximum absolute atomic E-state index is 12.9. The number of thioether (sulfide) groups is 1. The summed E-state index contributed by atoms with van der Waals surface area (Å²) in [6.07, 6.45) is 4.24. The number of carbonyl (C=O) groups is 2. The van der Waals surface area contributed by atoms with Crippen molar-refractivity contribution in [3.8, 4) is 0 Å². The van der Waals surface area contributed by atoms with E-state index in [1.165, 1.54) is 5.56 Å². The average Bonchev–Trinajstić information content (AvgIpc) is 2.54. The number of rotatable bonds is 3. The molecule has 0 saturated heterocycles. The van der Waals surface area contributed by atoms with Gasteiger partial charge < -0.3 is 10.4 Å². The molecule has 2 aliphatic rings. The van der Waals surface area contributed by atoms with Crippen molar-refractivity contribution >= 4 is 23.6 Å². The van der Waals surface area contributed by atoms with Crippen LogP contribution in [0.3, 0.4) is 0 Å². The van der Waals surface area contributed by atoms with Crippen LogP contribution in [-0.2, 0) is 16.0 Å². The Morgan fingerprint density at radius 3 is 2.87 bits per heavy atom. The van der Waals surface area contributed by atoms with Crippen LogP contribution in [0.5, 0.6) is 0 Å². The lowest BCUT2D eigenvalue weighted by atomic mass is 9.73. The zero-order chi connectivity index (χ0) is 16.4. The molecular formula is C18H23NO3S. The number of amides is 1. The third-order valence-corrected chi connectivity index (χ3v) is 6.39. The highest BCUT2D eigenvalue weighted by atomic mass is 32.2. The highest BCUT2D eigenvalue weighted by molar-refractivity contribution is 8.00. The zero-order valence-electron chi connectivity index (χ0n) is 13.4. The largest absolute Gasteiger partial charge is 0.481 e. The van der Waals surface area contributed by atoms with E-state index < -0.39 is 17.4 Å². The molecule has 1 aliphatic heterocycles. The van der Waals surface area contributed by atoms with E-state index >= 15 is 0 Å². The van der Waals surface area contributed by atoms with Crippen LogP contribution >= 0.6 is 11.8 Å². The molecule has 0 spiro atoms. The first kappa shape index (κ1) is 16.4. The summed E-state index contributed by atoms with van der Waals surface area (Å²) in [5.41, 5.74) is 1.66. The van der Waals surface area contributed by atoms with Crippen molar-refractivity contribution in [1.29, 1.82) is 0 Å². The third-order valence-electron chi connectivity index (χ3n) is 5.15. The van der Waals surface area contributed by atoms with Gasteiger partial charge in [0.15, 0.2) is 0 Å². The Morgan fingerprint density at radius 1 is 1.30 bits per heavy atom. The number of aliphatic carboxylic acids is 1. The van der Waals surface area contributed by atoms with Crippen LogP contribution in [0.2, 0.25) is 0 Å². The number of hydrogen-bond donors (Lipinski definition) is 2. The Labute approximate surface area is 141 Å². The molecule has 3 atom stereocenters. The second-order valence-corrected chi connectivity index (χ2v) is 7.96. The van der Waals surface area contributed by atoms with E-state index in [-0.39, 0.29) is 11.2 Å². The first-order valence-electron chi connectivity index (χ1n) is 8.25. The minimum absolute atomic E-state index is 0.0437. The van der Waals surface area contributed by atoms with Crippen molar-refractivity contribution in [2.75, 3.05) is 5.75 Å². The summed E-state index contributed by atoms with van der Waals surface area (Å²) in [6, 6.07) is 8.07. The van der Waals surface area contributed by atoms with Gasteiger partial charge in [0.05, 0.1) is 11.5 Å². The summed E-state index contributed by atoms with van der Waals surface area (Å²) in [4.78, 5) is 24.4. The molecule has 0 bridgehead atoms. The molecule has 1 amide bonds. The summed E-state index contributed by atoms with van der Waals surface area (Å²) in [7, 11) is 0. The van der Waals surface area contributed by atoms with Crippen LogP contribution in [0.25, 0.3) is 0 Å². The molecule has 2 N–H and O–H groups in total. The van der Waals surface area contributed by atoms with E-state index in [0.717, 1.165) is 37.0 Å². The maximum atomic E-state index is 12.9. The van der Waals surface area contributed by atoms with Gasteiger partial charge in [-0.15, -0.1) is 11.8 Å². The van der Waals surface area contributed by atoms with Crippen LogP contribution in [0.4, 0.5) is 0 Å². The molecule has 124 valence electrons. The molecule has 1 aromatic rings. The monoisotopic (exact) mass is 333 g/mol. The van der Waals surface area contributed by atoms with Crippen molar-refractivity contribution in [1.82, 2.24) is 5.32 Å². The molecule has 1 fully saturated rings. The van der Waals surface area contributed by atoms with Crippen LogP contribution in [0.1, 0.15) is 49.0 Å². The van der Waals surface area contributed by atoms with Gasteiger partial charge in [-0.2, -0.15) is 0 Å². The number of carboxylic acids is 1. The fraction of sp³-hybridized carbons (Fsp3) is 0.556. The van der Waals surface area contributed by atoms with Crippen molar-refractivity contribution in [2.45, 2.75) is 49.8 Å². The lowest BCUT2D eigenvalue weighted by Gasteiger charge is -2.41. The number of hydrogen-bond acceptors (Lipinski definition) is 3. The predicted molar refractivity (Wildman–Crippen MR) is 91.5 cm³/mol. The fourth-order valence-corrected chi connectivity index (χ4v) is 5.03. The lowest BCUT2D eigenvalue weighted by molar-refractivity contribution is -0.146. The van der Waals surface area contributed by atoms with Gasteiger partial charge in [-0.1, -0.05) is 37.1 Å². The quantitative estimate of drug-likeness (QED) is 0.892. The lowest BCUT2D eigenvalue weighted by Crippen LogP contribution is -2.56. The standard InChI is InChI=1S/C18H23NO3S/c1-18(10-5-4-8-14(18)17(21)22)19-16(20)15-13-7-3-2-6-12(13)9-11-23-15/h2-3,6-7,14-15H,4-5,8-11H2,1H3,(H,19,20)(H,21,22). The summed E-state index contributed by atoms with van der Waals surface area (Å²) < 4.78 is 0. The van der Waals surface area contributed by atoms with E-state index in [1.807, 2.05) is 25.1 Å². The smallest absolute Gasteiger partial charge is 0.308 e. The van der Waals surface area contributed by atoms with Gasteiger partial charge in [0.25, 0.3) is 0 Å². The van der Waals surface area contributed by atoms with Gasteiger partial charge in [-0.25, -0.2) is 0 Å². The minimum Gasteiger partial charge on any atom is -0.481 e. The molecule has 23 heavy (non-hydrogen) atoms. The van der Waals surface area contributed by atoms with Gasteiger partial charge in [-0.3, -0.25) is 9.59 Å². The van der Waals surface area contributed by atoms with Crippen LogP contribution in [0.15, 0.2) is 24.3 Å². The summed E-state index contributed by atoms with van der Waals surface area (Å²) in [5, 5.41) is 12.4. The average molecular weight is 333 g/mol. The molecular weight excluding hydrogens is 310 g/mol. The molecule has 0 aromatic heterocycles. The third kappa shape index (κ3) is 3.25. The van der Waals surface area contributed by atoms with Crippen molar-refractivity contribution in [3.63, 3.8) is 0 Å². The summed E-state index contributed by atoms with van der Waals surface area (Å²) in [6.45, 7) is 1.89. The first-order chi connectivity index (χ1) is 11.0. The highest BCUT2D eigenvalue weighted by Crippen LogP contribution is 2.39. The number of aryl methyl sites for hydroxylation is 1. The Bertz CT molecular complexity index is 618. The Morgan fingerprint density at radius 2 is 2.09 bits per heavy atom. The number of carboxylic acid groups (broad SMARTS) is 1. The molecule has 5 heteroatoms.